The smallest absolute Gasteiger partial charge is 0.171 e. The van der Waals surface area contributed by atoms with Crippen molar-refractivity contribution in [3.8, 4) is 0 Å². The molecule has 0 amide bonds. The van der Waals surface area contributed by atoms with Crippen LogP contribution < -0.4 is 0 Å². The van der Waals surface area contributed by atoms with Crippen LogP contribution in [0.2, 0.25) is 0 Å². The number of rotatable bonds is 2. The predicted octanol–water partition coefficient (Wildman–Crippen LogP) is 4.66. The lowest BCUT2D eigenvalue weighted by Gasteiger charge is -2.30. The van der Waals surface area contributed by atoms with E-state index in [4.69, 9.17) is 0 Å². The van der Waals surface area contributed by atoms with Crippen LogP contribution in [-0.4, -0.2) is 12.4 Å². The van der Waals surface area contributed by atoms with Crippen LogP contribution in [0.4, 0.5) is 26.3 Å². The average Bonchev–Trinajstić information content (AvgIpc) is 2.68. The molecule has 17 heavy (non-hydrogen) atoms. The molecule has 0 spiro atoms. The van der Waals surface area contributed by atoms with Gasteiger partial charge in [0.2, 0.25) is 0 Å². The molecule has 0 aromatic rings. The molecule has 1 aliphatic carbocycles. The second-order valence-corrected chi connectivity index (χ2v) is 5.25. The Kier molecular flexibility index (Phi) is 3.26. The van der Waals surface area contributed by atoms with Crippen molar-refractivity contribution in [2.45, 2.75) is 40.0 Å². The minimum Gasteiger partial charge on any atom is -0.171 e. The van der Waals surface area contributed by atoms with Crippen LogP contribution in [0, 0.1) is 29.1 Å². The van der Waals surface area contributed by atoms with Crippen LogP contribution in [0.5, 0.6) is 0 Å². The van der Waals surface area contributed by atoms with Gasteiger partial charge in [0.15, 0.2) is 0 Å². The summed E-state index contributed by atoms with van der Waals surface area (Å²) in [5.41, 5.74) is -2.60. The molecule has 0 radical (unpaired) electrons. The van der Waals surface area contributed by atoms with Gasteiger partial charge in [-0.2, -0.15) is 26.3 Å². The summed E-state index contributed by atoms with van der Waals surface area (Å²) in [5, 5.41) is 0. The molecule has 0 N–H and O–H groups in total. The van der Waals surface area contributed by atoms with Gasteiger partial charge >= 0.3 is 12.4 Å². The fourth-order valence-electron chi connectivity index (χ4n) is 3.40. The third-order valence-corrected chi connectivity index (χ3v) is 4.15. The fourth-order valence-corrected chi connectivity index (χ4v) is 3.40. The Morgan fingerprint density at radius 3 is 1.53 bits per heavy atom. The largest absolute Gasteiger partial charge is 0.395 e. The Morgan fingerprint density at radius 1 is 0.941 bits per heavy atom. The molecule has 0 heterocycles. The van der Waals surface area contributed by atoms with Gasteiger partial charge < -0.3 is 0 Å². The van der Waals surface area contributed by atoms with E-state index < -0.39 is 41.4 Å². The molecular formula is C11H16F6. The second kappa shape index (κ2) is 3.79. The van der Waals surface area contributed by atoms with Crippen molar-refractivity contribution >= 4 is 0 Å². The van der Waals surface area contributed by atoms with Gasteiger partial charge in [-0.05, 0) is 17.8 Å². The zero-order valence-corrected chi connectivity index (χ0v) is 10.1. The van der Waals surface area contributed by atoms with Crippen molar-refractivity contribution < 1.29 is 26.3 Å². The molecule has 1 aliphatic rings. The maximum absolute atomic E-state index is 13.0. The normalized spacial score (nSPS) is 36.2. The topological polar surface area (TPSA) is 0 Å². The van der Waals surface area contributed by atoms with Crippen molar-refractivity contribution in [2.24, 2.45) is 29.1 Å². The van der Waals surface area contributed by atoms with E-state index in [-0.39, 0.29) is 0 Å². The Morgan fingerprint density at radius 2 is 1.35 bits per heavy atom. The molecule has 0 aliphatic heterocycles. The molecule has 0 aromatic heterocycles. The predicted molar refractivity (Wildman–Crippen MR) is 51.2 cm³/mol. The number of halogens is 6. The Labute approximate surface area is 96.4 Å². The summed E-state index contributed by atoms with van der Waals surface area (Å²) in [7, 11) is 0. The van der Waals surface area contributed by atoms with Crippen molar-refractivity contribution in [1.29, 1.82) is 0 Å². The third-order valence-electron chi connectivity index (χ3n) is 4.15. The molecule has 0 saturated heterocycles. The van der Waals surface area contributed by atoms with E-state index in [2.05, 4.69) is 0 Å². The van der Waals surface area contributed by atoms with Crippen LogP contribution in [0.25, 0.3) is 0 Å². The number of alkyl halides is 6. The van der Waals surface area contributed by atoms with E-state index in [0.29, 0.717) is 6.92 Å². The van der Waals surface area contributed by atoms with E-state index in [9.17, 15) is 26.3 Å². The quantitative estimate of drug-likeness (QED) is 0.635. The van der Waals surface area contributed by atoms with Crippen LogP contribution in [0.15, 0.2) is 0 Å². The standard InChI is InChI=1S/C11H16F6/c1-5(2)8-6(3)9(8,11(15,16)17)7(4)10(12,13)14/h5-8H,1-4H3. The molecule has 6 heteroatoms. The van der Waals surface area contributed by atoms with Gasteiger partial charge in [0.05, 0.1) is 11.3 Å². The summed E-state index contributed by atoms with van der Waals surface area (Å²) in [6, 6.07) is 0. The summed E-state index contributed by atoms with van der Waals surface area (Å²) >= 11 is 0. The summed E-state index contributed by atoms with van der Waals surface area (Å²) in [6.45, 7) is 4.99. The van der Waals surface area contributed by atoms with Gasteiger partial charge in [-0.25, -0.2) is 0 Å². The van der Waals surface area contributed by atoms with Crippen molar-refractivity contribution in [2.75, 3.05) is 0 Å². The Balaban J connectivity index is 3.18. The minimum absolute atomic E-state index is 0.406. The van der Waals surface area contributed by atoms with Gasteiger partial charge in [-0.1, -0.05) is 27.7 Å². The minimum atomic E-state index is -4.81. The maximum Gasteiger partial charge on any atom is 0.395 e. The average molecular weight is 262 g/mol. The second-order valence-electron chi connectivity index (χ2n) is 5.25. The first-order valence-corrected chi connectivity index (χ1v) is 5.51. The number of hydrogen-bond acceptors (Lipinski definition) is 0. The molecule has 0 bridgehead atoms. The molecule has 1 rings (SSSR count). The lowest BCUT2D eigenvalue weighted by atomic mass is 9.83. The first kappa shape index (κ1) is 14.6. The van der Waals surface area contributed by atoms with Crippen LogP contribution >= 0.6 is 0 Å². The van der Waals surface area contributed by atoms with Crippen LogP contribution in [0.3, 0.4) is 0 Å². The number of hydrogen-bond donors (Lipinski definition) is 0. The van der Waals surface area contributed by atoms with Gasteiger partial charge in [-0.3, -0.25) is 0 Å². The fraction of sp³-hybridized carbons (Fsp3) is 1.00. The lowest BCUT2D eigenvalue weighted by Crippen LogP contribution is -2.42. The maximum atomic E-state index is 13.0. The summed E-state index contributed by atoms with van der Waals surface area (Å²) < 4.78 is 77.0. The monoisotopic (exact) mass is 262 g/mol. The van der Waals surface area contributed by atoms with Crippen LogP contribution in [0.1, 0.15) is 27.7 Å². The van der Waals surface area contributed by atoms with Gasteiger partial charge in [-0.15, -0.1) is 0 Å². The summed E-state index contributed by atoms with van der Waals surface area (Å²) in [4.78, 5) is 0. The highest BCUT2D eigenvalue weighted by molar-refractivity contribution is 5.16. The van der Waals surface area contributed by atoms with Crippen molar-refractivity contribution in [3.63, 3.8) is 0 Å². The highest BCUT2D eigenvalue weighted by Gasteiger charge is 2.81. The van der Waals surface area contributed by atoms with E-state index >= 15 is 0 Å². The SMILES string of the molecule is CC(C)C1C(C)C1(C(C)C(F)(F)F)C(F)(F)F. The summed E-state index contributed by atoms with van der Waals surface area (Å²) in [5.74, 6) is -4.67. The zero-order chi connectivity index (χ0) is 13.8. The molecule has 0 nitrogen and oxygen atoms in total. The molecular weight excluding hydrogens is 246 g/mol. The lowest BCUT2D eigenvalue weighted by molar-refractivity contribution is -0.270. The van der Waals surface area contributed by atoms with Gasteiger partial charge in [0.25, 0.3) is 0 Å². The Bertz CT molecular complexity index is 289. The van der Waals surface area contributed by atoms with E-state index in [1.807, 2.05) is 0 Å². The van der Waals surface area contributed by atoms with Crippen molar-refractivity contribution in [1.82, 2.24) is 0 Å². The Hall–Kier alpha value is -0.420. The highest BCUT2D eigenvalue weighted by Crippen LogP contribution is 2.74. The van der Waals surface area contributed by atoms with E-state index in [1.165, 1.54) is 20.8 Å². The zero-order valence-electron chi connectivity index (χ0n) is 10.1. The molecule has 0 aromatic carbocycles. The third kappa shape index (κ3) is 1.93. The molecule has 102 valence electrons. The van der Waals surface area contributed by atoms with Crippen LogP contribution in [-0.2, 0) is 0 Å². The molecule has 1 fully saturated rings. The first-order chi connectivity index (χ1) is 7.38. The first-order valence-electron chi connectivity index (χ1n) is 5.51. The van der Waals surface area contributed by atoms with Gasteiger partial charge in [0.1, 0.15) is 0 Å². The summed E-state index contributed by atoms with van der Waals surface area (Å²) in [6.07, 6.45) is -9.62. The highest BCUT2D eigenvalue weighted by atomic mass is 19.4. The van der Waals surface area contributed by atoms with Crippen molar-refractivity contribution in [3.05, 3.63) is 0 Å². The van der Waals surface area contributed by atoms with Gasteiger partial charge in [0, 0.05) is 0 Å². The molecule has 4 atom stereocenters. The molecule has 4 unspecified atom stereocenters. The molecule has 1 saturated carbocycles. The van der Waals surface area contributed by atoms with E-state index in [1.54, 1.807) is 0 Å². The van der Waals surface area contributed by atoms with E-state index in [0.717, 1.165) is 0 Å².